The van der Waals surface area contributed by atoms with Crippen LogP contribution in [0.1, 0.15) is 45.1 Å². The summed E-state index contributed by atoms with van der Waals surface area (Å²) in [6, 6.07) is 11.3. The summed E-state index contributed by atoms with van der Waals surface area (Å²) in [6.45, 7) is 3.87. The molecule has 0 radical (unpaired) electrons. The minimum Gasteiger partial charge on any atom is -0.491 e. The molecule has 2 amide bonds. The first-order valence-corrected chi connectivity index (χ1v) is 11.4. The quantitative estimate of drug-likeness (QED) is 0.305. The Morgan fingerprint density at radius 1 is 0.971 bits per heavy atom. The molecule has 192 valence electrons. The van der Waals surface area contributed by atoms with E-state index in [1.807, 2.05) is 6.92 Å². The Morgan fingerprint density at radius 2 is 1.57 bits per heavy atom. The van der Waals surface area contributed by atoms with Gasteiger partial charge in [0.1, 0.15) is 18.5 Å². The van der Waals surface area contributed by atoms with E-state index in [1.54, 1.807) is 24.3 Å². The highest BCUT2D eigenvalue weighted by Crippen LogP contribution is 2.29. The van der Waals surface area contributed by atoms with Crippen molar-refractivity contribution >= 4 is 23.2 Å². The highest BCUT2D eigenvalue weighted by molar-refractivity contribution is 5.90. The third kappa shape index (κ3) is 11.2. The molecule has 10 heteroatoms. The zero-order valence-corrected chi connectivity index (χ0v) is 19.8. The second-order valence-electron chi connectivity index (χ2n) is 8.35. The van der Waals surface area contributed by atoms with Gasteiger partial charge in [-0.05, 0) is 68.3 Å². The van der Waals surface area contributed by atoms with Gasteiger partial charge in [0.25, 0.3) is 0 Å². The van der Waals surface area contributed by atoms with Crippen molar-refractivity contribution in [3.05, 3.63) is 54.1 Å². The second kappa shape index (κ2) is 13.7. The van der Waals surface area contributed by atoms with Crippen molar-refractivity contribution < 1.29 is 32.6 Å². The zero-order chi connectivity index (χ0) is 25.8. The Labute approximate surface area is 203 Å². The minimum absolute atomic E-state index is 0.114. The lowest BCUT2D eigenvalue weighted by atomic mass is 10.1. The number of hydrogen-bond donors (Lipinski definition) is 4. The number of anilines is 2. The van der Waals surface area contributed by atoms with Gasteiger partial charge in [0, 0.05) is 37.3 Å². The maximum atomic E-state index is 12.6. The molecule has 2 rings (SSSR count). The zero-order valence-electron chi connectivity index (χ0n) is 19.8. The summed E-state index contributed by atoms with van der Waals surface area (Å²) < 4.78 is 43.3. The number of aliphatic hydroxyl groups is 1. The van der Waals surface area contributed by atoms with Gasteiger partial charge in [-0.15, -0.1) is 0 Å². The number of hydrogen-bond acceptors (Lipinski definition) is 5. The number of ether oxygens (including phenoxy) is 1. The van der Waals surface area contributed by atoms with Crippen molar-refractivity contribution in [2.45, 2.75) is 57.9 Å². The number of carbonyl (C=O) groups excluding carboxylic acids is 2. The van der Waals surface area contributed by atoms with Crippen LogP contribution in [0.2, 0.25) is 0 Å². The van der Waals surface area contributed by atoms with Gasteiger partial charge in [-0.2, -0.15) is 13.2 Å². The first-order valence-electron chi connectivity index (χ1n) is 11.4. The third-order valence-corrected chi connectivity index (χ3v) is 5.11. The van der Waals surface area contributed by atoms with Gasteiger partial charge in [-0.1, -0.05) is 6.42 Å². The van der Waals surface area contributed by atoms with Crippen LogP contribution in [-0.2, 0) is 15.8 Å². The van der Waals surface area contributed by atoms with Gasteiger partial charge in [-0.3, -0.25) is 9.59 Å². The molecule has 0 bridgehead atoms. The SMILES string of the molecule is CC(=O)Nc1ccc(OC[C@H](O)CN[C@H](C)CCCCC(=O)Nc2ccc(C(F)(F)F)cc2)cc1. The van der Waals surface area contributed by atoms with Crippen LogP contribution in [0.3, 0.4) is 0 Å². The summed E-state index contributed by atoms with van der Waals surface area (Å²) >= 11 is 0. The molecule has 2 aromatic carbocycles. The highest BCUT2D eigenvalue weighted by atomic mass is 19.4. The summed E-state index contributed by atoms with van der Waals surface area (Å²) in [6.07, 6.45) is -2.63. The summed E-state index contributed by atoms with van der Waals surface area (Å²) in [5.41, 5.74) is 0.238. The molecule has 0 aliphatic carbocycles. The van der Waals surface area contributed by atoms with Gasteiger partial charge in [0.15, 0.2) is 0 Å². The monoisotopic (exact) mass is 495 g/mol. The Morgan fingerprint density at radius 3 is 2.17 bits per heavy atom. The van der Waals surface area contributed by atoms with E-state index in [0.29, 0.717) is 30.1 Å². The normalized spacial score (nSPS) is 13.1. The molecule has 4 N–H and O–H groups in total. The van der Waals surface area contributed by atoms with Crippen molar-refractivity contribution in [1.82, 2.24) is 5.32 Å². The number of carbonyl (C=O) groups is 2. The number of rotatable bonds is 13. The van der Waals surface area contributed by atoms with E-state index in [2.05, 4.69) is 16.0 Å². The predicted octanol–water partition coefficient (Wildman–Crippen LogP) is 4.58. The van der Waals surface area contributed by atoms with Gasteiger partial charge >= 0.3 is 6.18 Å². The number of amides is 2. The molecule has 0 aromatic heterocycles. The molecule has 0 aliphatic heterocycles. The first kappa shape index (κ1) is 28.1. The molecule has 35 heavy (non-hydrogen) atoms. The molecule has 0 unspecified atom stereocenters. The van der Waals surface area contributed by atoms with Crippen molar-refractivity contribution in [2.75, 3.05) is 23.8 Å². The van der Waals surface area contributed by atoms with Crippen LogP contribution >= 0.6 is 0 Å². The molecule has 0 saturated heterocycles. The highest BCUT2D eigenvalue weighted by Gasteiger charge is 2.29. The Bertz CT molecular complexity index is 934. The fourth-order valence-corrected chi connectivity index (χ4v) is 3.23. The van der Waals surface area contributed by atoms with Crippen LogP contribution in [0.5, 0.6) is 5.75 Å². The van der Waals surface area contributed by atoms with Crippen LogP contribution in [0.15, 0.2) is 48.5 Å². The second-order valence-corrected chi connectivity index (χ2v) is 8.35. The lowest BCUT2D eigenvalue weighted by Crippen LogP contribution is -2.36. The lowest BCUT2D eigenvalue weighted by molar-refractivity contribution is -0.137. The Hall–Kier alpha value is -3.11. The predicted molar refractivity (Wildman–Crippen MR) is 128 cm³/mol. The van der Waals surface area contributed by atoms with E-state index < -0.39 is 17.8 Å². The van der Waals surface area contributed by atoms with Gasteiger partial charge in [0.05, 0.1) is 5.56 Å². The third-order valence-electron chi connectivity index (χ3n) is 5.11. The number of aliphatic hydroxyl groups excluding tert-OH is 1. The van der Waals surface area contributed by atoms with Gasteiger partial charge < -0.3 is 25.8 Å². The van der Waals surface area contributed by atoms with Crippen LogP contribution < -0.4 is 20.7 Å². The van der Waals surface area contributed by atoms with Crippen LogP contribution in [0.25, 0.3) is 0 Å². The fraction of sp³-hybridized carbons (Fsp3) is 0.440. The summed E-state index contributed by atoms with van der Waals surface area (Å²) in [7, 11) is 0. The summed E-state index contributed by atoms with van der Waals surface area (Å²) in [5, 5.41) is 18.6. The van der Waals surface area contributed by atoms with Gasteiger partial charge in [-0.25, -0.2) is 0 Å². The molecule has 7 nitrogen and oxygen atoms in total. The molecule has 0 aliphatic rings. The average molecular weight is 496 g/mol. The van der Waals surface area contributed by atoms with Crippen molar-refractivity contribution in [2.24, 2.45) is 0 Å². The van der Waals surface area contributed by atoms with Crippen LogP contribution in [0.4, 0.5) is 24.5 Å². The standard InChI is InChI=1S/C25H32F3N3O4/c1-17(29-15-22(33)16-35-23-13-11-20(12-14-23)30-18(2)32)5-3-4-6-24(34)31-21-9-7-19(8-10-21)25(26,27)28/h7-14,17,22,29,33H,3-6,15-16H2,1-2H3,(H,30,32)(H,31,34)/t17-,22-/m1/s1. The smallest absolute Gasteiger partial charge is 0.416 e. The van der Waals surface area contributed by atoms with Crippen molar-refractivity contribution in [3.63, 3.8) is 0 Å². The molecule has 2 atom stereocenters. The number of halogens is 3. The van der Waals surface area contributed by atoms with E-state index in [0.717, 1.165) is 25.0 Å². The lowest BCUT2D eigenvalue weighted by Gasteiger charge is -2.17. The minimum atomic E-state index is -4.40. The largest absolute Gasteiger partial charge is 0.491 e. The molecule has 0 fully saturated rings. The van der Waals surface area contributed by atoms with Crippen molar-refractivity contribution in [3.8, 4) is 5.75 Å². The Balaban J connectivity index is 1.56. The fourth-order valence-electron chi connectivity index (χ4n) is 3.23. The number of nitrogens with one attached hydrogen (secondary N) is 3. The van der Waals surface area contributed by atoms with E-state index >= 15 is 0 Å². The van der Waals surface area contributed by atoms with Crippen LogP contribution in [-0.4, -0.2) is 42.2 Å². The van der Waals surface area contributed by atoms with Gasteiger partial charge in [0.2, 0.25) is 11.8 Å². The molecule has 0 saturated carbocycles. The maximum Gasteiger partial charge on any atom is 0.416 e. The average Bonchev–Trinajstić information content (AvgIpc) is 2.79. The van der Waals surface area contributed by atoms with E-state index in [9.17, 15) is 27.9 Å². The number of alkyl halides is 3. The summed E-state index contributed by atoms with van der Waals surface area (Å²) in [4.78, 5) is 23.0. The molecule has 0 spiro atoms. The first-order chi connectivity index (χ1) is 16.5. The van der Waals surface area contributed by atoms with E-state index in [-0.39, 0.29) is 30.9 Å². The van der Waals surface area contributed by atoms with Crippen molar-refractivity contribution in [1.29, 1.82) is 0 Å². The maximum absolute atomic E-state index is 12.6. The summed E-state index contributed by atoms with van der Waals surface area (Å²) in [5.74, 6) is 0.180. The van der Waals surface area contributed by atoms with E-state index in [1.165, 1.54) is 19.1 Å². The van der Waals surface area contributed by atoms with Crippen LogP contribution in [0, 0.1) is 0 Å². The van der Waals surface area contributed by atoms with E-state index in [4.69, 9.17) is 4.74 Å². The number of benzene rings is 2. The molecular weight excluding hydrogens is 463 g/mol. The molecule has 2 aromatic rings. The molecular formula is C25H32F3N3O4. The molecule has 0 heterocycles. The topological polar surface area (TPSA) is 99.7 Å². The number of unbranched alkanes of at least 4 members (excludes halogenated alkanes) is 1. The Kier molecular flexibility index (Phi) is 11.0.